The van der Waals surface area contributed by atoms with Gasteiger partial charge in [0.25, 0.3) is 0 Å². The molecule has 12 heavy (non-hydrogen) atoms. The van der Waals surface area contributed by atoms with E-state index in [1.165, 1.54) is 0 Å². The zero-order valence-electron chi connectivity index (χ0n) is 6.66. The summed E-state index contributed by atoms with van der Waals surface area (Å²) >= 11 is 3.38. The molecule has 0 saturated carbocycles. The second-order valence-corrected chi connectivity index (χ2v) is 3.43. The van der Waals surface area contributed by atoms with Crippen molar-refractivity contribution in [1.29, 1.82) is 0 Å². The standard InChI is InChI=1S/C7H9BrN2O2/c1-10-6(5(8)4-9-10)7-11-2-3-12-7/h4,7H,2-3H2,1H3. The highest BCUT2D eigenvalue weighted by atomic mass is 79.9. The van der Waals surface area contributed by atoms with Gasteiger partial charge in [0.05, 0.1) is 23.9 Å². The van der Waals surface area contributed by atoms with Gasteiger partial charge in [-0.1, -0.05) is 0 Å². The van der Waals surface area contributed by atoms with Crippen molar-refractivity contribution in [3.05, 3.63) is 16.4 Å². The van der Waals surface area contributed by atoms with E-state index in [1.807, 2.05) is 7.05 Å². The summed E-state index contributed by atoms with van der Waals surface area (Å²) in [5.41, 5.74) is 0.938. The summed E-state index contributed by atoms with van der Waals surface area (Å²) in [6.07, 6.45) is 1.48. The second-order valence-electron chi connectivity index (χ2n) is 2.57. The molecule has 0 amide bonds. The molecule has 1 aromatic heterocycles. The highest BCUT2D eigenvalue weighted by molar-refractivity contribution is 9.10. The largest absolute Gasteiger partial charge is 0.345 e. The number of rotatable bonds is 1. The smallest absolute Gasteiger partial charge is 0.202 e. The van der Waals surface area contributed by atoms with Crippen LogP contribution in [0.1, 0.15) is 12.0 Å². The Kier molecular flexibility index (Phi) is 2.16. The summed E-state index contributed by atoms with van der Waals surface area (Å²) in [4.78, 5) is 0. The van der Waals surface area contributed by atoms with E-state index in [-0.39, 0.29) is 6.29 Å². The first-order valence-electron chi connectivity index (χ1n) is 3.69. The predicted molar refractivity (Wildman–Crippen MR) is 45.6 cm³/mol. The van der Waals surface area contributed by atoms with Crippen LogP contribution in [0.4, 0.5) is 0 Å². The normalized spacial score (nSPS) is 18.8. The van der Waals surface area contributed by atoms with Crippen LogP contribution < -0.4 is 0 Å². The number of hydrogen-bond donors (Lipinski definition) is 0. The van der Waals surface area contributed by atoms with E-state index in [0.717, 1.165) is 10.2 Å². The molecule has 1 aliphatic rings. The molecular formula is C7H9BrN2O2. The van der Waals surface area contributed by atoms with E-state index in [4.69, 9.17) is 9.47 Å². The third-order valence-electron chi connectivity index (χ3n) is 1.78. The van der Waals surface area contributed by atoms with Crippen molar-refractivity contribution in [3.8, 4) is 0 Å². The molecule has 1 saturated heterocycles. The van der Waals surface area contributed by atoms with Crippen molar-refractivity contribution in [2.24, 2.45) is 7.05 Å². The molecule has 0 atom stereocenters. The second kappa shape index (κ2) is 3.16. The number of halogens is 1. The molecule has 1 aromatic rings. The molecule has 5 heteroatoms. The first-order chi connectivity index (χ1) is 5.79. The van der Waals surface area contributed by atoms with Gasteiger partial charge >= 0.3 is 0 Å². The number of ether oxygens (including phenoxy) is 2. The molecule has 0 radical (unpaired) electrons. The minimum absolute atomic E-state index is 0.258. The highest BCUT2D eigenvalue weighted by Crippen LogP contribution is 2.28. The highest BCUT2D eigenvalue weighted by Gasteiger charge is 2.23. The molecule has 0 N–H and O–H groups in total. The van der Waals surface area contributed by atoms with Crippen molar-refractivity contribution >= 4 is 15.9 Å². The lowest BCUT2D eigenvalue weighted by Gasteiger charge is -2.09. The van der Waals surface area contributed by atoms with Crippen LogP contribution in [0.15, 0.2) is 10.7 Å². The fraction of sp³-hybridized carbons (Fsp3) is 0.571. The Morgan fingerprint density at radius 3 is 2.75 bits per heavy atom. The lowest BCUT2D eigenvalue weighted by Crippen LogP contribution is -2.06. The Bertz CT molecular complexity index is 261. The van der Waals surface area contributed by atoms with Crippen LogP contribution in [-0.4, -0.2) is 23.0 Å². The van der Waals surface area contributed by atoms with Crippen LogP contribution in [0, 0.1) is 0 Å². The molecule has 1 fully saturated rings. The van der Waals surface area contributed by atoms with Crippen LogP contribution in [-0.2, 0) is 16.5 Å². The maximum atomic E-state index is 5.35. The fourth-order valence-electron chi connectivity index (χ4n) is 1.20. The van der Waals surface area contributed by atoms with Crippen molar-refractivity contribution in [2.75, 3.05) is 13.2 Å². The summed E-state index contributed by atoms with van der Waals surface area (Å²) in [5.74, 6) is 0. The van der Waals surface area contributed by atoms with Gasteiger partial charge in [-0.15, -0.1) is 0 Å². The Morgan fingerprint density at radius 2 is 2.25 bits per heavy atom. The number of aryl methyl sites for hydroxylation is 1. The van der Waals surface area contributed by atoms with Gasteiger partial charge < -0.3 is 9.47 Å². The zero-order chi connectivity index (χ0) is 8.55. The fourth-order valence-corrected chi connectivity index (χ4v) is 1.74. The molecule has 2 rings (SSSR count). The number of nitrogens with zero attached hydrogens (tertiary/aromatic N) is 2. The third kappa shape index (κ3) is 1.28. The van der Waals surface area contributed by atoms with Crippen molar-refractivity contribution < 1.29 is 9.47 Å². The minimum atomic E-state index is -0.258. The van der Waals surface area contributed by atoms with E-state index in [2.05, 4.69) is 21.0 Å². The van der Waals surface area contributed by atoms with Gasteiger partial charge in [0.2, 0.25) is 6.29 Å². The molecule has 0 bridgehead atoms. The van der Waals surface area contributed by atoms with Gasteiger partial charge in [0.15, 0.2) is 0 Å². The van der Waals surface area contributed by atoms with E-state index in [9.17, 15) is 0 Å². The summed E-state index contributed by atoms with van der Waals surface area (Å²) < 4.78 is 13.4. The molecule has 4 nitrogen and oxygen atoms in total. The Morgan fingerprint density at radius 1 is 1.58 bits per heavy atom. The van der Waals surface area contributed by atoms with Gasteiger partial charge in [-0.2, -0.15) is 5.10 Å². The SMILES string of the molecule is Cn1ncc(Br)c1C1OCCO1. The predicted octanol–water partition coefficient (Wildman–Crippen LogP) is 1.23. The van der Waals surface area contributed by atoms with Gasteiger partial charge in [-0.05, 0) is 15.9 Å². The Labute approximate surface area is 78.6 Å². The molecule has 0 aromatic carbocycles. The van der Waals surface area contributed by atoms with Gasteiger partial charge in [0.1, 0.15) is 5.69 Å². The molecule has 0 unspecified atom stereocenters. The molecule has 0 aliphatic carbocycles. The third-order valence-corrected chi connectivity index (χ3v) is 2.39. The maximum absolute atomic E-state index is 5.35. The molecule has 1 aliphatic heterocycles. The van der Waals surface area contributed by atoms with Crippen molar-refractivity contribution in [3.63, 3.8) is 0 Å². The number of hydrogen-bond acceptors (Lipinski definition) is 3. The summed E-state index contributed by atoms with van der Waals surface area (Å²) in [6.45, 7) is 1.31. The molecule has 0 spiro atoms. The van der Waals surface area contributed by atoms with Crippen LogP contribution in [0.2, 0.25) is 0 Å². The average molecular weight is 233 g/mol. The van der Waals surface area contributed by atoms with E-state index < -0.39 is 0 Å². The lowest BCUT2D eigenvalue weighted by molar-refractivity contribution is -0.0503. The number of aromatic nitrogens is 2. The van der Waals surface area contributed by atoms with Gasteiger partial charge in [0, 0.05) is 7.05 Å². The summed E-state index contributed by atoms with van der Waals surface area (Å²) in [7, 11) is 1.87. The monoisotopic (exact) mass is 232 g/mol. The van der Waals surface area contributed by atoms with E-state index >= 15 is 0 Å². The van der Waals surface area contributed by atoms with Crippen LogP contribution in [0.3, 0.4) is 0 Å². The first-order valence-corrected chi connectivity index (χ1v) is 4.49. The molecular weight excluding hydrogens is 224 g/mol. The first kappa shape index (κ1) is 8.22. The molecule has 2 heterocycles. The quantitative estimate of drug-likeness (QED) is 0.731. The van der Waals surface area contributed by atoms with Crippen LogP contribution in [0.25, 0.3) is 0 Å². The van der Waals surface area contributed by atoms with E-state index in [0.29, 0.717) is 13.2 Å². The van der Waals surface area contributed by atoms with Crippen molar-refractivity contribution in [2.45, 2.75) is 6.29 Å². The Balaban J connectivity index is 2.30. The van der Waals surface area contributed by atoms with Gasteiger partial charge in [-0.25, -0.2) is 0 Å². The van der Waals surface area contributed by atoms with Crippen molar-refractivity contribution in [1.82, 2.24) is 9.78 Å². The van der Waals surface area contributed by atoms with Crippen LogP contribution >= 0.6 is 15.9 Å². The average Bonchev–Trinajstić information content (AvgIpc) is 2.61. The minimum Gasteiger partial charge on any atom is -0.345 e. The topological polar surface area (TPSA) is 36.3 Å². The van der Waals surface area contributed by atoms with Crippen LogP contribution in [0.5, 0.6) is 0 Å². The Hall–Kier alpha value is -0.390. The van der Waals surface area contributed by atoms with E-state index in [1.54, 1.807) is 10.9 Å². The summed E-state index contributed by atoms with van der Waals surface area (Å²) in [5, 5.41) is 4.07. The molecule has 66 valence electrons. The lowest BCUT2D eigenvalue weighted by atomic mass is 10.4. The maximum Gasteiger partial charge on any atom is 0.202 e. The van der Waals surface area contributed by atoms with Gasteiger partial charge in [-0.3, -0.25) is 4.68 Å². The summed E-state index contributed by atoms with van der Waals surface area (Å²) in [6, 6.07) is 0. The zero-order valence-corrected chi connectivity index (χ0v) is 8.24.